The van der Waals surface area contributed by atoms with E-state index in [0.717, 1.165) is 36.9 Å². The van der Waals surface area contributed by atoms with Gasteiger partial charge in [0.1, 0.15) is 5.82 Å². The Kier molecular flexibility index (Phi) is 12.2. The number of carbonyl (C=O) groups is 2. The Bertz CT molecular complexity index is 1040. The third-order valence-electron chi connectivity index (χ3n) is 6.98. The number of halogens is 1. The van der Waals surface area contributed by atoms with Crippen LogP contribution in [0.5, 0.6) is 0 Å². The van der Waals surface area contributed by atoms with Gasteiger partial charge in [-0.05, 0) is 62.3 Å². The molecule has 1 aliphatic rings. The summed E-state index contributed by atoms with van der Waals surface area (Å²) >= 11 is 0. The molecule has 0 radical (unpaired) electrons. The predicted molar refractivity (Wildman–Crippen MR) is 131 cm³/mol. The van der Waals surface area contributed by atoms with Gasteiger partial charge in [-0.25, -0.2) is 9.07 Å². The fourth-order valence-corrected chi connectivity index (χ4v) is 5.08. The van der Waals surface area contributed by atoms with Crippen LogP contribution < -0.4 is 34.7 Å². The second kappa shape index (κ2) is 14.4. The van der Waals surface area contributed by atoms with Crippen LogP contribution in [0.1, 0.15) is 92.9 Å². The van der Waals surface area contributed by atoms with Crippen molar-refractivity contribution in [2.45, 2.75) is 95.8 Å². The number of aliphatic hydroxyl groups is 2. The average molecular weight is 526 g/mol. The van der Waals surface area contributed by atoms with E-state index in [2.05, 4.69) is 0 Å². The Balaban J connectivity index is 0.00000481. The van der Waals surface area contributed by atoms with Crippen molar-refractivity contribution in [2.24, 2.45) is 0 Å². The third kappa shape index (κ3) is 8.35. The standard InChI is InChI=1S/C27H38FN3O5.Na/c1-17(2)25-23(14-13-21(32)15-22(33)16-24(34)35)31(20-11-9-18(28)10-12-20)29-26(25)27(36)30(3)19-7-5-4-6-8-19;/h9-12,17,19,21-22,32-33H,4-8,13-16H2,1-3H3,(H,34,35);/q;+1/p-1/t21-,22-;/m1./s1. The van der Waals surface area contributed by atoms with Gasteiger partial charge in [-0.3, -0.25) is 4.79 Å². The van der Waals surface area contributed by atoms with Crippen LogP contribution in [0.25, 0.3) is 5.69 Å². The number of aliphatic hydroxyl groups excluding tert-OH is 2. The Morgan fingerprint density at radius 2 is 1.76 bits per heavy atom. The van der Waals surface area contributed by atoms with Gasteiger partial charge in [-0.1, -0.05) is 33.1 Å². The quantitative estimate of drug-likeness (QED) is 0.390. The SMILES string of the molecule is CC(C)c1c(C(=O)N(C)C2CCCCC2)nn(-c2ccc(F)cc2)c1CC[C@@H](O)C[C@@H](O)CC(=O)[O-].[Na+]. The number of benzene rings is 1. The second-order valence-corrected chi connectivity index (χ2v) is 10.1. The van der Waals surface area contributed by atoms with Crippen molar-refractivity contribution in [2.75, 3.05) is 7.05 Å². The van der Waals surface area contributed by atoms with Crippen molar-refractivity contribution in [3.8, 4) is 5.69 Å². The summed E-state index contributed by atoms with van der Waals surface area (Å²) in [5.74, 6) is -1.97. The first-order valence-corrected chi connectivity index (χ1v) is 12.8. The van der Waals surface area contributed by atoms with E-state index in [4.69, 9.17) is 5.10 Å². The monoisotopic (exact) mass is 525 g/mol. The van der Waals surface area contributed by atoms with Gasteiger partial charge in [0.15, 0.2) is 5.69 Å². The van der Waals surface area contributed by atoms with Crippen LogP contribution in [-0.2, 0) is 11.2 Å². The van der Waals surface area contributed by atoms with E-state index >= 15 is 0 Å². The number of carboxylic acids is 1. The number of aromatic nitrogens is 2. The van der Waals surface area contributed by atoms with Crippen molar-refractivity contribution in [3.63, 3.8) is 0 Å². The molecule has 2 atom stereocenters. The first kappa shape index (κ1) is 31.4. The van der Waals surface area contributed by atoms with Crippen LogP contribution in [0.2, 0.25) is 0 Å². The molecule has 1 saturated carbocycles. The number of carbonyl (C=O) groups excluding carboxylic acids is 2. The van der Waals surface area contributed by atoms with E-state index in [0.29, 0.717) is 17.8 Å². The Morgan fingerprint density at radius 1 is 1.14 bits per heavy atom. The van der Waals surface area contributed by atoms with Crippen LogP contribution in [-0.4, -0.2) is 62.1 Å². The minimum Gasteiger partial charge on any atom is -0.550 e. The molecule has 2 aromatic rings. The molecular formula is C27H37FN3NaO5. The summed E-state index contributed by atoms with van der Waals surface area (Å²) in [6, 6.07) is 6.01. The molecule has 10 heteroatoms. The fraction of sp³-hybridized carbons (Fsp3) is 0.593. The van der Waals surface area contributed by atoms with Crippen molar-refractivity contribution < 1.29 is 58.9 Å². The molecular weight excluding hydrogens is 488 g/mol. The summed E-state index contributed by atoms with van der Waals surface area (Å²) < 4.78 is 15.3. The number of nitrogens with zero attached hydrogens (tertiary/aromatic N) is 3. The topological polar surface area (TPSA) is 119 Å². The summed E-state index contributed by atoms with van der Waals surface area (Å²) in [6.45, 7) is 3.96. The molecule has 8 nitrogen and oxygen atoms in total. The van der Waals surface area contributed by atoms with Gasteiger partial charge in [0.05, 0.1) is 17.9 Å². The van der Waals surface area contributed by atoms with Crippen molar-refractivity contribution >= 4 is 11.9 Å². The van der Waals surface area contributed by atoms with E-state index in [9.17, 15) is 29.3 Å². The van der Waals surface area contributed by atoms with E-state index in [1.54, 1.807) is 21.7 Å². The minimum absolute atomic E-state index is 0. The number of rotatable bonds is 11. The van der Waals surface area contributed by atoms with Gasteiger partial charge in [-0.2, -0.15) is 5.10 Å². The molecule has 198 valence electrons. The van der Waals surface area contributed by atoms with E-state index in [1.807, 2.05) is 20.9 Å². The van der Waals surface area contributed by atoms with Gasteiger partial charge in [0, 0.05) is 36.7 Å². The van der Waals surface area contributed by atoms with Crippen molar-refractivity contribution in [1.82, 2.24) is 14.7 Å². The zero-order valence-corrected chi connectivity index (χ0v) is 24.3. The largest absolute Gasteiger partial charge is 1.00 e. The number of carboxylic acid groups (broad SMARTS) is 1. The number of hydrogen-bond acceptors (Lipinski definition) is 6. The summed E-state index contributed by atoms with van der Waals surface area (Å²) in [5, 5.41) is 35.8. The first-order chi connectivity index (χ1) is 17.1. The molecule has 0 bridgehead atoms. The van der Waals surface area contributed by atoms with Gasteiger partial charge >= 0.3 is 29.6 Å². The molecule has 0 saturated heterocycles. The number of amides is 1. The van der Waals surface area contributed by atoms with E-state index in [-0.39, 0.29) is 66.1 Å². The number of hydrogen-bond donors (Lipinski definition) is 2. The van der Waals surface area contributed by atoms with Gasteiger partial charge in [-0.15, -0.1) is 0 Å². The van der Waals surface area contributed by atoms with Crippen LogP contribution in [0.4, 0.5) is 4.39 Å². The Labute approximate surface area is 240 Å². The third-order valence-corrected chi connectivity index (χ3v) is 6.98. The molecule has 1 fully saturated rings. The number of aliphatic carboxylic acids is 1. The fourth-order valence-electron chi connectivity index (χ4n) is 5.08. The second-order valence-electron chi connectivity index (χ2n) is 10.1. The van der Waals surface area contributed by atoms with Crippen molar-refractivity contribution in [3.05, 3.63) is 47.0 Å². The zero-order valence-electron chi connectivity index (χ0n) is 22.3. The smallest absolute Gasteiger partial charge is 0.550 e. The van der Waals surface area contributed by atoms with E-state index in [1.165, 1.54) is 18.6 Å². The predicted octanol–water partition coefficient (Wildman–Crippen LogP) is -0.272. The van der Waals surface area contributed by atoms with Gasteiger partial charge in [0.25, 0.3) is 5.91 Å². The average Bonchev–Trinajstić information content (AvgIpc) is 3.22. The Hall–Kier alpha value is -1.78. The maximum absolute atomic E-state index is 13.7. The summed E-state index contributed by atoms with van der Waals surface area (Å²) in [4.78, 5) is 26.2. The molecule has 0 spiro atoms. The molecule has 1 aliphatic carbocycles. The molecule has 3 rings (SSSR count). The first-order valence-electron chi connectivity index (χ1n) is 12.8. The summed E-state index contributed by atoms with van der Waals surface area (Å²) in [6.07, 6.45) is 3.03. The Morgan fingerprint density at radius 3 is 2.32 bits per heavy atom. The molecule has 0 unspecified atom stereocenters. The summed E-state index contributed by atoms with van der Waals surface area (Å²) in [5.41, 5.74) is 2.45. The maximum atomic E-state index is 13.7. The molecule has 1 aromatic carbocycles. The van der Waals surface area contributed by atoms with Gasteiger partial charge in [0.2, 0.25) is 0 Å². The normalized spacial score (nSPS) is 15.8. The van der Waals surface area contributed by atoms with Crippen LogP contribution >= 0.6 is 0 Å². The molecule has 37 heavy (non-hydrogen) atoms. The van der Waals surface area contributed by atoms with E-state index < -0.39 is 24.6 Å². The molecule has 1 aromatic heterocycles. The zero-order chi connectivity index (χ0) is 26.4. The molecule has 1 amide bonds. The van der Waals surface area contributed by atoms with Crippen molar-refractivity contribution in [1.29, 1.82) is 0 Å². The van der Waals surface area contributed by atoms with Gasteiger partial charge < -0.3 is 25.0 Å². The summed E-state index contributed by atoms with van der Waals surface area (Å²) in [7, 11) is 1.82. The van der Waals surface area contributed by atoms with Crippen LogP contribution in [0.15, 0.2) is 24.3 Å². The molecule has 2 N–H and O–H groups in total. The van der Waals surface area contributed by atoms with Crippen LogP contribution in [0, 0.1) is 5.82 Å². The minimum atomic E-state index is -1.38. The van der Waals surface area contributed by atoms with Crippen LogP contribution in [0.3, 0.4) is 0 Å². The molecule has 1 heterocycles. The maximum Gasteiger partial charge on any atom is 1.00 e. The molecule has 0 aliphatic heterocycles.